The third-order valence-corrected chi connectivity index (χ3v) is 2.96. The predicted molar refractivity (Wildman–Crippen MR) is 62.2 cm³/mol. The second-order valence-electron chi connectivity index (χ2n) is 3.70. The summed E-state index contributed by atoms with van der Waals surface area (Å²) in [6.07, 6.45) is -0.634. The molecule has 1 aromatic carbocycles. The van der Waals surface area contributed by atoms with Gasteiger partial charge >= 0.3 is 5.97 Å². The van der Waals surface area contributed by atoms with E-state index in [1.54, 1.807) is 13.0 Å². The smallest absolute Gasteiger partial charge is 0.339 e. The van der Waals surface area contributed by atoms with Crippen LogP contribution in [0.25, 0.3) is 0 Å². The summed E-state index contributed by atoms with van der Waals surface area (Å²) in [7, 11) is 0. The van der Waals surface area contributed by atoms with Crippen molar-refractivity contribution in [1.82, 2.24) is 0 Å². The third kappa shape index (κ3) is 2.23. The predicted octanol–water partition coefficient (Wildman–Crippen LogP) is 1.87. The van der Waals surface area contributed by atoms with Crippen molar-refractivity contribution in [3.05, 3.63) is 28.3 Å². The number of hydrogen-bond acceptors (Lipinski definition) is 4. The summed E-state index contributed by atoms with van der Waals surface area (Å²) in [6, 6.07) is 3.50. The van der Waals surface area contributed by atoms with E-state index in [-0.39, 0.29) is 6.61 Å². The van der Waals surface area contributed by atoms with Crippen molar-refractivity contribution in [3.63, 3.8) is 0 Å². The molecule has 1 aliphatic rings. The maximum absolute atomic E-state index is 11.5. The molecule has 4 nitrogen and oxygen atoms in total. The summed E-state index contributed by atoms with van der Waals surface area (Å²) < 4.78 is 10.2. The first-order chi connectivity index (χ1) is 8.15. The molecule has 1 unspecified atom stereocenters. The molecule has 0 spiro atoms. The lowest BCUT2D eigenvalue weighted by molar-refractivity contribution is -0.153. The van der Waals surface area contributed by atoms with Crippen molar-refractivity contribution in [2.24, 2.45) is 0 Å². The summed E-state index contributed by atoms with van der Waals surface area (Å²) in [5, 5.41) is 10.2. The molecule has 0 saturated carbocycles. The Hall–Kier alpha value is -1.26. The summed E-state index contributed by atoms with van der Waals surface area (Å²) in [5.74, 6) is -0.198. The minimum absolute atomic E-state index is 0.212. The molecule has 1 heterocycles. The van der Waals surface area contributed by atoms with Crippen LogP contribution in [-0.4, -0.2) is 24.3 Å². The van der Waals surface area contributed by atoms with Crippen molar-refractivity contribution in [3.8, 4) is 5.75 Å². The molecule has 0 aliphatic carbocycles. The highest BCUT2D eigenvalue weighted by Gasteiger charge is 2.29. The number of halogens is 1. The maximum Gasteiger partial charge on any atom is 0.339 e. The molecule has 0 radical (unpaired) electrons. The van der Waals surface area contributed by atoms with Crippen LogP contribution in [0.4, 0.5) is 0 Å². The lowest BCUT2D eigenvalue weighted by Gasteiger charge is -2.15. The van der Waals surface area contributed by atoms with Crippen LogP contribution < -0.4 is 4.74 Å². The minimum Gasteiger partial charge on any atom is -0.492 e. The SMILES string of the molecule is CCOC(=O)C(O)c1c(Cl)ccc2c1OCC2. The Bertz CT molecular complexity index is 444. The van der Waals surface area contributed by atoms with Gasteiger partial charge in [0.25, 0.3) is 0 Å². The summed E-state index contributed by atoms with van der Waals surface area (Å²) in [5.41, 5.74) is 1.26. The number of esters is 1. The Balaban J connectivity index is 2.38. The Morgan fingerprint density at radius 1 is 1.65 bits per heavy atom. The first kappa shape index (κ1) is 12.2. The van der Waals surface area contributed by atoms with Crippen LogP contribution in [0.2, 0.25) is 5.02 Å². The molecular weight excluding hydrogens is 244 g/mol. The first-order valence-electron chi connectivity index (χ1n) is 5.44. The molecule has 0 fully saturated rings. The van der Waals surface area contributed by atoms with Gasteiger partial charge in [-0.05, 0) is 18.6 Å². The van der Waals surface area contributed by atoms with Gasteiger partial charge in [0.05, 0.1) is 23.8 Å². The Morgan fingerprint density at radius 3 is 3.12 bits per heavy atom. The molecule has 0 bridgehead atoms. The number of ether oxygens (including phenoxy) is 2. The molecular formula is C12H13ClO4. The molecule has 5 heteroatoms. The largest absolute Gasteiger partial charge is 0.492 e. The van der Waals surface area contributed by atoms with Crippen molar-refractivity contribution in [1.29, 1.82) is 0 Å². The quantitative estimate of drug-likeness (QED) is 0.839. The molecule has 0 aromatic heterocycles. The van der Waals surface area contributed by atoms with Gasteiger partial charge in [0.15, 0.2) is 6.10 Å². The molecule has 1 N–H and O–H groups in total. The second kappa shape index (κ2) is 4.94. The lowest BCUT2D eigenvalue weighted by atomic mass is 10.0. The highest BCUT2D eigenvalue weighted by molar-refractivity contribution is 6.31. The molecule has 1 aromatic rings. The highest BCUT2D eigenvalue weighted by Crippen LogP contribution is 2.38. The highest BCUT2D eigenvalue weighted by atomic mass is 35.5. The normalized spacial score (nSPS) is 15.0. The van der Waals surface area contributed by atoms with E-state index in [4.69, 9.17) is 21.1 Å². The first-order valence-corrected chi connectivity index (χ1v) is 5.81. The minimum atomic E-state index is -1.39. The number of aliphatic hydroxyl groups is 1. The zero-order valence-corrected chi connectivity index (χ0v) is 10.2. The number of fused-ring (bicyclic) bond motifs is 1. The zero-order valence-electron chi connectivity index (χ0n) is 9.40. The molecule has 1 aliphatic heterocycles. The molecule has 1 atom stereocenters. The molecule has 2 rings (SSSR count). The van der Waals surface area contributed by atoms with E-state index in [9.17, 15) is 9.90 Å². The van der Waals surface area contributed by atoms with E-state index < -0.39 is 12.1 Å². The van der Waals surface area contributed by atoms with E-state index >= 15 is 0 Å². The average Bonchev–Trinajstić information content (AvgIpc) is 2.76. The van der Waals surface area contributed by atoms with E-state index in [1.807, 2.05) is 6.07 Å². The number of aliphatic hydroxyl groups excluding tert-OH is 1. The van der Waals surface area contributed by atoms with Gasteiger partial charge in [-0.1, -0.05) is 17.7 Å². The van der Waals surface area contributed by atoms with E-state index in [0.717, 1.165) is 12.0 Å². The Kier molecular flexibility index (Phi) is 3.54. The number of carbonyl (C=O) groups excluding carboxylic acids is 1. The number of hydrogen-bond donors (Lipinski definition) is 1. The summed E-state index contributed by atoms with van der Waals surface area (Å²) in [4.78, 5) is 11.5. The van der Waals surface area contributed by atoms with Gasteiger partial charge in [-0.2, -0.15) is 0 Å². The van der Waals surface area contributed by atoms with Gasteiger partial charge < -0.3 is 14.6 Å². The van der Waals surface area contributed by atoms with Gasteiger partial charge in [-0.25, -0.2) is 4.79 Å². The topological polar surface area (TPSA) is 55.8 Å². The van der Waals surface area contributed by atoms with Crippen LogP contribution in [0.15, 0.2) is 12.1 Å². The van der Waals surface area contributed by atoms with Crippen LogP contribution in [0.1, 0.15) is 24.2 Å². The number of carbonyl (C=O) groups is 1. The third-order valence-electron chi connectivity index (χ3n) is 2.63. The lowest BCUT2D eigenvalue weighted by Crippen LogP contribution is -2.16. The van der Waals surface area contributed by atoms with Gasteiger partial charge in [0.1, 0.15) is 5.75 Å². The maximum atomic E-state index is 11.5. The molecule has 0 saturated heterocycles. The van der Waals surface area contributed by atoms with Crippen LogP contribution in [0, 0.1) is 0 Å². The fourth-order valence-electron chi connectivity index (χ4n) is 1.84. The van der Waals surface area contributed by atoms with Gasteiger partial charge in [0, 0.05) is 6.42 Å². The van der Waals surface area contributed by atoms with Crippen LogP contribution in [0.3, 0.4) is 0 Å². The fraction of sp³-hybridized carbons (Fsp3) is 0.417. The van der Waals surface area contributed by atoms with Gasteiger partial charge in [-0.3, -0.25) is 0 Å². The standard InChI is InChI=1S/C12H13ClO4/c1-2-16-12(15)10(14)9-8(13)4-3-7-5-6-17-11(7)9/h3-4,10,14H,2,5-6H2,1H3. The number of benzene rings is 1. The average molecular weight is 257 g/mol. The summed E-state index contributed by atoms with van der Waals surface area (Å²) in [6.45, 7) is 2.43. The molecule has 92 valence electrons. The van der Waals surface area contributed by atoms with Crippen molar-refractivity contribution >= 4 is 17.6 Å². The van der Waals surface area contributed by atoms with Gasteiger partial charge in [-0.15, -0.1) is 0 Å². The summed E-state index contributed by atoms with van der Waals surface area (Å²) >= 11 is 6.00. The molecule has 0 amide bonds. The number of rotatable bonds is 3. The van der Waals surface area contributed by atoms with Gasteiger partial charge in [0.2, 0.25) is 0 Å². The second-order valence-corrected chi connectivity index (χ2v) is 4.11. The van der Waals surface area contributed by atoms with E-state index in [1.165, 1.54) is 0 Å². The van der Waals surface area contributed by atoms with Crippen molar-refractivity contribution < 1.29 is 19.4 Å². The van der Waals surface area contributed by atoms with Crippen molar-refractivity contribution in [2.45, 2.75) is 19.4 Å². The van der Waals surface area contributed by atoms with Crippen LogP contribution in [0.5, 0.6) is 5.75 Å². The Labute approximate surface area is 104 Å². The zero-order chi connectivity index (χ0) is 12.4. The monoisotopic (exact) mass is 256 g/mol. The Morgan fingerprint density at radius 2 is 2.41 bits per heavy atom. The van der Waals surface area contributed by atoms with Crippen molar-refractivity contribution in [2.75, 3.05) is 13.2 Å². The van der Waals surface area contributed by atoms with E-state index in [0.29, 0.717) is 22.9 Å². The fourth-order valence-corrected chi connectivity index (χ4v) is 2.10. The van der Waals surface area contributed by atoms with Crippen LogP contribution >= 0.6 is 11.6 Å². The molecule has 17 heavy (non-hydrogen) atoms. The van der Waals surface area contributed by atoms with E-state index in [2.05, 4.69) is 0 Å². The van der Waals surface area contributed by atoms with Crippen LogP contribution in [-0.2, 0) is 16.0 Å².